The van der Waals surface area contributed by atoms with Crippen molar-refractivity contribution in [3.8, 4) is 11.8 Å². The Balaban J connectivity index is 2.44. The molecule has 2 aromatic rings. The lowest BCUT2D eigenvalue weighted by atomic mass is 10.3. The van der Waals surface area contributed by atoms with Gasteiger partial charge in [0.25, 0.3) is 0 Å². The van der Waals surface area contributed by atoms with E-state index in [0.717, 1.165) is 0 Å². The first-order chi connectivity index (χ1) is 9.83. The van der Waals surface area contributed by atoms with Crippen LogP contribution in [0.2, 0.25) is 0 Å². The summed E-state index contributed by atoms with van der Waals surface area (Å²) in [6.07, 6.45) is -4.42. The van der Waals surface area contributed by atoms with E-state index in [2.05, 4.69) is 26.3 Å². The van der Waals surface area contributed by atoms with Crippen LogP contribution in [0.3, 0.4) is 0 Å². The van der Waals surface area contributed by atoms with Gasteiger partial charge in [0.05, 0.1) is 5.69 Å². The fourth-order valence-corrected chi connectivity index (χ4v) is 2.11. The Morgan fingerprint density at radius 3 is 2.62 bits per heavy atom. The number of nitriles is 1. The highest BCUT2D eigenvalue weighted by Crippen LogP contribution is 2.28. The molecule has 1 heterocycles. The van der Waals surface area contributed by atoms with Crippen LogP contribution in [0.15, 0.2) is 28.7 Å². The minimum absolute atomic E-state index is 0.0333. The van der Waals surface area contributed by atoms with Gasteiger partial charge in [-0.1, -0.05) is 12.1 Å². The summed E-state index contributed by atoms with van der Waals surface area (Å²) in [5.74, 6) is -0.239. The average Bonchev–Trinajstić information content (AvgIpc) is 2.72. The van der Waals surface area contributed by atoms with Gasteiger partial charge in [0, 0.05) is 4.47 Å². The average molecular weight is 360 g/mol. The Kier molecular flexibility index (Phi) is 4.09. The maximum absolute atomic E-state index is 12.3. The van der Waals surface area contributed by atoms with E-state index in [0.29, 0.717) is 10.2 Å². The third kappa shape index (κ3) is 3.28. The van der Waals surface area contributed by atoms with Crippen molar-refractivity contribution in [2.24, 2.45) is 0 Å². The second-order valence-corrected chi connectivity index (χ2v) is 4.91. The van der Waals surface area contributed by atoms with E-state index in [4.69, 9.17) is 11.0 Å². The molecular weight excluding hydrogens is 351 g/mol. The van der Waals surface area contributed by atoms with Gasteiger partial charge in [0.1, 0.15) is 24.0 Å². The molecule has 0 aliphatic carbocycles. The van der Waals surface area contributed by atoms with Gasteiger partial charge >= 0.3 is 6.18 Å². The summed E-state index contributed by atoms with van der Waals surface area (Å²) in [5.41, 5.74) is 6.18. The molecule has 5 nitrogen and oxygen atoms in total. The number of para-hydroxylation sites is 1. The molecular formula is C12H9BrF3N5. The molecule has 1 aromatic heterocycles. The first-order valence-corrected chi connectivity index (χ1v) is 6.47. The Bertz CT molecular complexity index is 702. The SMILES string of the molecule is N#Cc1c(NCC(F)(F)F)nn(-c2ccccc2Br)c1N. The standard InChI is InChI=1S/C12H9BrF3N5/c13-8-3-1-2-4-9(8)21-10(18)7(5-17)11(20-21)19-6-12(14,15)16/h1-4H,6,18H2,(H,19,20). The van der Waals surface area contributed by atoms with Gasteiger partial charge in [0.15, 0.2) is 5.82 Å². The largest absolute Gasteiger partial charge is 0.405 e. The minimum atomic E-state index is -4.42. The summed E-state index contributed by atoms with van der Waals surface area (Å²) < 4.78 is 38.6. The third-order valence-corrected chi connectivity index (χ3v) is 3.24. The van der Waals surface area contributed by atoms with E-state index in [1.165, 1.54) is 4.68 Å². The number of hydrogen-bond donors (Lipinski definition) is 2. The first kappa shape index (κ1) is 15.2. The van der Waals surface area contributed by atoms with Crippen LogP contribution in [0.5, 0.6) is 0 Å². The summed E-state index contributed by atoms with van der Waals surface area (Å²) in [4.78, 5) is 0. The van der Waals surface area contributed by atoms with E-state index >= 15 is 0 Å². The summed E-state index contributed by atoms with van der Waals surface area (Å²) in [7, 11) is 0. The number of nitrogens with one attached hydrogen (secondary N) is 1. The van der Waals surface area contributed by atoms with Crippen molar-refractivity contribution in [1.29, 1.82) is 5.26 Å². The molecule has 1 aromatic carbocycles. The molecule has 0 atom stereocenters. The molecule has 0 spiro atoms. The van der Waals surface area contributed by atoms with E-state index < -0.39 is 12.7 Å². The van der Waals surface area contributed by atoms with Gasteiger partial charge in [-0.25, -0.2) is 4.68 Å². The fourth-order valence-electron chi connectivity index (χ4n) is 1.66. The van der Waals surface area contributed by atoms with Gasteiger partial charge < -0.3 is 11.1 Å². The van der Waals surface area contributed by atoms with E-state index in [-0.39, 0.29) is 17.2 Å². The van der Waals surface area contributed by atoms with E-state index in [1.807, 2.05) is 0 Å². The molecule has 21 heavy (non-hydrogen) atoms. The molecule has 0 radical (unpaired) electrons. The molecule has 9 heteroatoms. The van der Waals surface area contributed by atoms with Crippen molar-refractivity contribution in [3.63, 3.8) is 0 Å². The number of anilines is 2. The number of alkyl halides is 3. The Labute approximate surface area is 126 Å². The van der Waals surface area contributed by atoms with Crippen LogP contribution < -0.4 is 11.1 Å². The maximum Gasteiger partial charge on any atom is 0.405 e. The number of aromatic nitrogens is 2. The van der Waals surface area contributed by atoms with Crippen LogP contribution in [-0.4, -0.2) is 22.5 Å². The zero-order valence-electron chi connectivity index (χ0n) is 10.4. The molecule has 0 aliphatic heterocycles. The van der Waals surface area contributed by atoms with Gasteiger partial charge in [0.2, 0.25) is 0 Å². The number of hydrogen-bond acceptors (Lipinski definition) is 4. The lowest BCUT2D eigenvalue weighted by molar-refractivity contribution is -0.115. The predicted octanol–water partition coefficient (Wildman–Crippen LogP) is 3.06. The normalized spacial score (nSPS) is 11.2. The summed E-state index contributed by atoms with van der Waals surface area (Å²) in [6, 6.07) is 8.64. The Morgan fingerprint density at radius 1 is 1.38 bits per heavy atom. The zero-order valence-corrected chi connectivity index (χ0v) is 12.0. The molecule has 110 valence electrons. The second-order valence-electron chi connectivity index (χ2n) is 4.05. The highest BCUT2D eigenvalue weighted by molar-refractivity contribution is 9.10. The van der Waals surface area contributed by atoms with Crippen LogP contribution in [0, 0.1) is 11.3 Å². The summed E-state index contributed by atoms with van der Waals surface area (Å²) in [6.45, 7) is -1.30. The van der Waals surface area contributed by atoms with Gasteiger partial charge in [-0.05, 0) is 28.1 Å². The first-order valence-electron chi connectivity index (χ1n) is 5.67. The van der Waals surface area contributed by atoms with Crippen LogP contribution >= 0.6 is 15.9 Å². The molecule has 3 N–H and O–H groups in total. The second kappa shape index (κ2) is 5.65. The van der Waals surface area contributed by atoms with E-state index in [9.17, 15) is 13.2 Å². The van der Waals surface area contributed by atoms with Crippen molar-refractivity contribution in [2.45, 2.75) is 6.18 Å². The van der Waals surface area contributed by atoms with Crippen molar-refractivity contribution in [2.75, 3.05) is 17.6 Å². The summed E-state index contributed by atoms with van der Waals surface area (Å²) in [5, 5.41) is 15.1. The van der Waals surface area contributed by atoms with Crippen LogP contribution in [0.1, 0.15) is 5.56 Å². The Morgan fingerprint density at radius 2 is 2.05 bits per heavy atom. The molecule has 0 fully saturated rings. The number of benzene rings is 1. The highest BCUT2D eigenvalue weighted by Gasteiger charge is 2.28. The highest BCUT2D eigenvalue weighted by atomic mass is 79.9. The number of halogens is 4. The third-order valence-electron chi connectivity index (χ3n) is 2.57. The van der Waals surface area contributed by atoms with Crippen molar-refractivity contribution < 1.29 is 13.2 Å². The van der Waals surface area contributed by atoms with Crippen molar-refractivity contribution in [3.05, 3.63) is 34.3 Å². The van der Waals surface area contributed by atoms with Crippen LogP contribution in [0.4, 0.5) is 24.8 Å². The number of nitrogens with two attached hydrogens (primary N) is 1. The Hall–Kier alpha value is -2.21. The van der Waals surface area contributed by atoms with E-state index in [1.54, 1.807) is 30.3 Å². The van der Waals surface area contributed by atoms with Gasteiger partial charge in [-0.15, -0.1) is 5.10 Å². The molecule has 2 rings (SSSR count). The molecule has 0 amide bonds. The maximum atomic E-state index is 12.3. The number of rotatable bonds is 3. The van der Waals surface area contributed by atoms with Crippen molar-refractivity contribution >= 4 is 27.6 Å². The summed E-state index contributed by atoms with van der Waals surface area (Å²) >= 11 is 3.29. The zero-order chi connectivity index (χ0) is 15.6. The lowest BCUT2D eigenvalue weighted by Gasteiger charge is -2.07. The quantitative estimate of drug-likeness (QED) is 0.882. The molecule has 0 bridgehead atoms. The molecule has 0 unspecified atom stereocenters. The van der Waals surface area contributed by atoms with Gasteiger partial charge in [-0.3, -0.25) is 0 Å². The smallest absolute Gasteiger partial charge is 0.382 e. The fraction of sp³-hybridized carbons (Fsp3) is 0.167. The van der Waals surface area contributed by atoms with Crippen LogP contribution in [0.25, 0.3) is 5.69 Å². The number of nitrogen functional groups attached to an aromatic ring is 1. The van der Waals surface area contributed by atoms with Crippen LogP contribution in [-0.2, 0) is 0 Å². The molecule has 0 aliphatic rings. The predicted molar refractivity (Wildman–Crippen MR) is 74.9 cm³/mol. The minimum Gasteiger partial charge on any atom is -0.382 e. The molecule has 0 saturated heterocycles. The topological polar surface area (TPSA) is 79.7 Å². The van der Waals surface area contributed by atoms with Crippen molar-refractivity contribution in [1.82, 2.24) is 9.78 Å². The molecule has 0 saturated carbocycles. The lowest BCUT2D eigenvalue weighted by Crippen LogP contribution is -2.21. The number of nitrogens with zero attached hydrogens (tertiary/aromatic N) is 3. The van der Waals surface area contributed by atoms with Gasteiger partial charge in [-0.2, -0.15) is 18.4 Å². The monoisotopic (exact) mass is 359 g/mol.